The number of imidazole rings is 1. The lowest BCUT2D eigenvalue weighted by molar-refractivity contribution is -0.123. The molecule has 0 aliphatic carbocycles. The van der Waals surface area contributed by atoms with E-state index in [1.807, 2.05) is 6.92 Å². The molecule has 2 aliphatic rings. The Morgan fingerprint density at radius 1 is 1.40 bits per heavy atom. The van der Waals surface area contributed by atoms with E-state index in [4.69, 9.17) is 0 Å². The van der Waals surface area contributed by atoms with Crippen LogP contribution in [0, 0.1) is 5.92 Å². The fourth-order valence-corrected chi connectivity index (χ4v) is 4.96. The minimum absolute atomic E-state index is 0.0270. The number of hydrogen-bond acceptors (Lipinski definition) is 5. The van der Waals surface area contributed by atoms with Gasteiger partial charge in [-0.25, -0.2) is 13.4 Å². The van der Waals surface area contributed by atoms with E-state index in [1.165, 1.54) is 4.31 Å². The second kappa shape index (κ2) is 7.84. The van der Waals surface area contributed by atoms with Crippen molar-refractivity contribution in [2.45, 2.75) is 50.2 Å². The zero-order valence-electron chi connectivity index (χ0n) is 14.6. The Hall–Kier alpha value is -1.45. The quantitative estimate of drug-likeness (QED) is 0.745. The van der Waals surface area contributed by atoms with Gasteiger partial charge in [-0.05, 0) is 45.1 Å². The third-order valence-electron chi connectivity index (χ3n) is 5.00. The summed E-state index contributed by atoms with van der Waals surface area (Å²) in [5.74, 6) is 0.168. The Morgan fingerprint density at radius 3 is 2.92 bits per heavy atom. The van der Waals surface area contributed by atoms with Gasteiger partial charge in [0.1, 0.15) is 0 Å². The van der Waals surface area contributed by atoms with Gasteiger partial charge >= 0.3 is 0 Å². The van der Waals surface area contributed by atoms with Crippen molar-refractivity contribution in [1.82, 2.24) is 24.5 Å². The second-order valence-electron chi connectivity index (χ2n) is 6.81. The number of sulfonamides is 1. The fraction of sp³-hybridized carbons (Fsp3) is 0.750. The van der Waals surface area contributed by atoms with Crippen LogP contribution in [0.4, 0.5) is 0 Å². The summed E-state index contributed by atoms with van der Waals surface area (Å²) >= 11 is 0. The first-order chi connectivity index (χ1) is 12.0. The van der Waals surface area contributed by atoms with Gasteiger partial charge in [-0.15, -0.1) is 0 Å². The first-order valence-electron chi connectivity index (χ1n) is 9.03. The third kappa shape index (κ3) is 4.21. The zero-order chi connectivity index (χ0) is 17.9. The SMILES string of the molecule is CCn1cnc(S(=O)(=O)N2CCCC(CNC(=O)C3CCCN3)C2)c1. The van der Waals surface area contributed by atoms with Gasteiger partial charge in [-0.1, -0.05) is 0 Å². The highest BCUT2D eigenvalue weighted by Gasteiger charge is 2.32. The highest BCUT2D eigenvalue weighted by molar-refractivity contribution is 7.89. The molecule has 0 spiro atoms. The maximum absolute atomic E-state index is 12.8. The summed E-state index contributed by atoms with van der Waals surface area (Å²) in [6.07, 6.45) is 6.74. The predicted molar refractivity (Wildman–Crippen MR) is 93.4 cm³/mol. The van der Waals surface area contributed by atoms with E-state index in [-0.39, 0.29) is 22.9 Å². The normalized spacial score (nSPS) is 25.2. The van der Waals surface area contributed by atoms with Crippen molar-refractivity contribution >= 4 is 15.9 Å². The van der Waals surface area contributed by atoms with E-state index in [0.717, 1.165) is 32.2 Å². The van der Waals surface area contributed by atoms with E-state index in [0.29, 0.717) is 26.2 Å². The van der Waals surface area contributed by atoms with Crippen molar-refractivity contribution in [1.29, 1.82) is 0 Å². The lowest BCUT2D eigenvalue weighted by Crippen LogP contribution is -2.46. The molecule has 2 N–H and O–H groups in total. The summed E-state index contributed by atoms with van der Waals surface area (Å²) in [5, 5.41) is 6.26. The lowest BCUT2D eigenvalue weighted by atomic mass is 9.99. The van der Waals surface area contributed by atoms with Gasteiger partial charge in [-0.3, -0.25) is 4.79 Å². The molecule has 9 heteroatoms. The number of nitrogens with zero attached hydrogens (tertiary/aromatic N) is 3. The topological polar surface area (TPSA) is 96.3 Å². The summed E-state index contributed by atoms with van der Waals surface area (Å²) in [7, 11) is -3.56. The molecule has 0 aromatic carbocycles. The van der Waals surface area contributed by atoms with Gasteiger partial charge in [0, 0.05) is 32.4 Å². The Labute approximate surface area is 149 Å². The first kappa shape index (κ1) is 18.3. The molecule has 3 heterocycles. The Kier molecular flexibility index (Phi) is 5.75. The number of rotatable bonds is 6. The monoisotopic (exact) mass is 369 g/mol. The largest absolute Gasteiger partial charge is 0.354 e. The fourth-order valence-electron chi connectivity index (χ4n) is 3.47. The van der Waals surface area contributed by atoms with Crippen LogP contribution >= 0.6 is 0 Å². The predicted octanol–water partition coefficient (Wildman–Crippen LogP) is 0.172. The molecule has 8 nitrogen and oxygen atoms in total. The molecule has 25 heavy (non-hydrogen) atoms. The van der Waals surface area contributed by atoms with Crippen molar-refractivity contribution in [2.24, 2.45) is 5.92 Å². The highest BCUT2D eigenvalue weighted by Crippen LogP contribution is 2.22. The summed E-state index contributed by atoms with van der Waals surface area (Å²) in [6, 6.07) is -0.0959. The molecule has 140 valence electrons. The van der Waals surface area contributed by atoms with Gasteiger partial charge in [0.25, 0.3) is 10.0 Å². The van der Waals surface area contributed by atoms with Crippen molar-refractivity contribution in [3.63, 3.8) is 0 Å². The van der Waals surface area contributed by atoms with Crippen LogP contribution in [-0.2, 0) is 21.4 Å². The van der Waals surface area contributed by atoms with Crippen LogP contribution in [0.3, 0.4) is 0 Å². The summed E-state index contributed by atoms with van der Waals surface area (Å²) in [6.45, 7) is 4.98. The molecule has 2 saturated heterocycles. The Balaban J connectivity index is 1.57. The molecule has 2 fully saturated rings. The number of amides is 1. The standard InChI is InChI=1S/C16H27N5O3S/c1-2-20-11-15(19-12-20)25(23,24)21-8-4-5-13(10-21)9-18-16(22)14-6-3-7-17-14/h11-14,17H,2-10H2,1H3,(H,18,22). The average molecular weight is 369 g/mol. The number of aryl methyl sites for hydroxylation is 1. The van der Waals surface area contributed by atoms with Crippen molar-refractivity contribution < 1.29 is 13.2 Å². The van der Waals surface area contributed by atoms with Gasteiger partial charge in [0.15, 0.2) is 5.03 Å². The van der Waals surface area contributed by atoms with Crippen LogP contribution in [0.1, 0.15) is 32.6 Å². The summed E-state index contributed by atoms with van der Waals surface area (Å²) in [5.41, 5.74) is 0. The van der Waals surface area contributed by atoms with E-state index in [1.54, 1.807) is 17.1 Å². The van der Waals surface area contributed by atoms with Gasteiger partial charge in [0.05, 0.1) is 12.4 Å². The maximum atomic E-state index is 12.8. The number of aromatic nitrogens is 2. The van der Waals surface area contributed by atoms with Crippen molar-refractivity contribution in [2.75, 3.05) is 26.2 Å². The van der Waals surface area contributed by atoms with E-state index in [9.17, 15) is 13.2 Å². The number of nitrogens with one attached hydrogen (secondary N) is 2. The summed E-state index contributed by atoms with van der Waals surface area (Å²) < 4.78 is 28.8. The van der Waals surface area contributed by atoms with Crippen LogP contribution in [0.25, 0.3) is 0 Å². The molecule has 2 atom stereocenters. The van der Waals surface area contributed by atoms with Gasteiger partial charge in [0.2, 0.25) is 5.91 Å². The van der Waals surface area contributed by atoms with E-state index < -0.39 is 10.0 Å². The number of hydrogen-bond donors (Lipinski definition) is 2. The van der Waals surface area contributed by atoms with E-state index >= 15 is 0 Å². The zero-order valence-corrected chi connectivity index (χ0v) is 15.5. The third-order valence-corrected chi connectivity index (χ3v) is 6.75. The highest BCUT2D eigenvalue weighted by atomic mass is 32.2. The second-order valence-corrected chi connectivity index (χ2v) is 8.69. The molecule has 0 saturated carbocycles. The van der Waals surface area contributed by atoms with Crippen LogP contribution in [0.5, 0.6) is 0 Å². The number of carbonyl (C=O) groups excluding carboxylic acids is 1. The molecule has 2 unspecified atom stereocenters. The van der Waals surface area contributed by atoms with Crippen LogP contribution in [-0.4, -0.2) is 60.4 Å². The molecule has 1 aromatic rings. The van der Waals surface area contributed by atoms with Crippen LogP contribution in [0.15, 0.2) is 17.6 Å². The van der Waals surface area contributed by atoms with Crippen molar-refractivity contribution in [3.05, 3.63) is 12.5 Å². The molecule has 1 amide bonds. The van der Waals surface area contributed by atoms with Crippen LogP contribution in [0.2, 0.25) is 0 Å². The van der Waals surface area contributed by atoms with Crippen LogP contribution < -0.4 is 10.6 Å². The molecule has 0 bridgehead atoms. The van der Waals surface area contributed by atoms with Crippen molar-refractivity contribution in [3.8, 4) is 0 Å². The molecule has 2 aliphatic heterocycles. The van der Waals surface area contributed by atoms with Gasteiger partial charge in [-0.2, -0.15) is 4.31 Å². The smallest absolute Gasteiger partial charge is 0.262 e. The molecule has 1 aromatic heterocycles. The first-order valence-corrected chi connectivity index (χ1v) is 10.5. The van der Waals surface area contributed by atoms with E-state index in [2.05, 4.69) is 15.6 Å². The maximum Gasteiger partial charge on any atom is 0.262 e. The average Bonchev–Trinajstić information content (AvgIpc) is 3.31. The number of piperidine rings is 1. The van der Waals surface area contributed by atoms with Gasteiger partial charge < -0.3 is 15.2 Å². The Morgan fingerprint density at radius 2 is 2.24 bits per heavy atom. The molecule has 0 radical (unpaired) electrons. The minimum atomic E-state index is -3.56. The molecular weight excluding hydrogens is 342 g/mol. The summed E-state index contributed by atoms with van der Waals surface area (Å²) in [4.78, 5) is 16.1. The minimum Gasteiger partial charge on any atom is -0.354 e. The number of carbonyl (C=O) groups is 1. The Bertz CT molecular complexity index is 696. The molecule has 3 rings (SSSR count). The molecular formula is C16H27N5O3S. The lowest BCUT2D eigenvalue weighted by Gasteiger charge is -2.31.